The van der Waals surface area contributed by atoms with Gasteiger partial charge in [0.1, 0.15) is 0 Å². The van der Waals surface area contributed by atoms with E-state index in [-0.39, 0.29) is 0 Å². The number of fused-ring (bicyclic) bond motifs is 3. The van der Waals surface area contributed by atoms with Crippen LogP contribution in [0.5, 0.6) is 0 Å². The van der Waals surface area contributed by atoms with E-state index in [1.165, 1.54) is 22.3 Å². The van der Waals surface area contributed by atoms with Crippen LogP contribution in [-0.4, -0.2) is 0 Å². The van der Waals surface area contributed by atoms with Gasteiger partial charge in [0, 0.05) is 15.1 Å². The fourth-order valence-electron chi connectivity index (χ4n) is 2.16. The Morgan fingerprint density at radius 1 is 1.07 bits per heavy atom. The Kier molecular flexibility index (Phi) is 2.11. The predicted molar refractivity (Wildman–Crippen MR) is 67.4 cm³/mol. The molecule has 0 unspecified atom stereocenters. The van der Waals surface area contributed by atoms with Gasteiger partial charge in [-0.3, -0.25) is 0 Å². The molecule has 0 atom stereocenters. The predicted octanol–water partition coefficient (Wildman–Crippen LogP) is 4.67. The van der Waals surface area contributed by atoms with Crippen molar-refractivity contribution in [2.75, 3.05) is 0 Å². The molecule has 0 radical (unpaired) electrons. The molecule has 0 bridgehead atoms. The molecule has 0 saturated heterocycles. The highest BCUT2D eigenvalue weighted by Crippen LogP contribution is 2.41. The second kappa shape index (κ2) is 3.36. The van der Waals surface area contributed by atoms with Gasteiger partial charge in [0.25, 0.3) is 0 Å². The Bertz CT molecular complexity index is 546. The first-order valence-electron chi connectivity index (χ1n) is 4.82. The largest absolute Gasteiger partial charge is 0.0837 e. The van der Waals surface area contributed by atoms with Gasteiger partial charge >= 0.3 is 0 Å². The molecular formula is C13H8BrCl. The summed E-state index contributed by atoms with van der Waals surface area (Å²) in [6.45, 7) is 0. The minimum absolute atomic E-state index is 0.851. The van der Waals surface area contributed by atoms with E-state index in [0.717, 1.165) is 15.9 Å². The lowest BCUT2D eigenvalue weighted by Crippen LogP contribution is -1.78. The topological polar surface area (TPSA) is 0 Å². The first kappa shape index (κ1) is 9.44. The lowest BCUT2D eigenvalue weighted by atomic mass is 10.1. The van der Waals surface area contributed by atoms with Crippen LogP contribution in [0.15, 0.2) is 40.9 Å². The zero-order valence-corrected chi connectivity index (χ0v) is 10.3. The fraction of sp³-hybridized carbons (Fsp3) is 0.0769. The fourth-order valence-corrected chi connectivity index (χ4v) is 2.82. The van der Waals surface area contributed by atoms with Crippen LogP contribution in [0, 0.1) is 0 Å². The van der Waals surface area contributed by atoms with Crippen LogP contribution < -0.4 is 0 Å². The first-order chi connectivity index (χ1) is 7.25. The van der Waals surface area contributed by atoms with Gasteiger partial charge in [-0.05, 0) is 41.3 Å². The molecule has 0 heterocycles. The average molecular weight is 280 g/mol. The molecule has 1 aliphatic rings. The van der Waals surface area contributed by atoms with Gasteiger partial charge in [0.05, 0.1) is 0 Å². The van der Waals surface area contributed by atoms with Crippen molar-refractivity contribution in [1.82, 2.24) is 0 Å². The highest BCUT2D eigenvalue weighted by molar-refractivity contribution is 9.10. The van der Waals surface area contributed by atoms with Gasteiger partial charge < -0.3 is 0 Å². The van der Waals surface area contributed by atoms with Gasteiger partial charge in [-0.25, -0.2) is 0 Å². The summed E-state index contributed by atoms with van der Waals surface area (Å²) < 4.78 is 1.11. The summed E-state index contributed by atoms with van der Waals surface area (Å²) in [7, 11) is 0. The van der Waals surface area contributed by atoms with Crippen molar-refractivity contribution < 1.29 is 0 Å². The molecule has 1 aliphatic carbocycles. The molecule has 2 aromatic rings. The molecule has 0 spiro atoms. The summed E-state index contributed by atoms with van der Waals surface area (Å²) in [4.78, 5) is 0. The van der Waals surface area contributed by atoms with Gasteiger partial charge in [-0.1, -0.05) is 45.7 Å². The summed E-state index contributed by atoms with van der Waals surface area (Å²) >= 11 is 9.73. The molecule has 0 amide bonds. The summed E-state index contributed by atoms with van der Waals surface area (Å²) in [5.74, 6) is 0. The van der Waals surface area contributed by atoms with Crippen molar-refractivity contribution in [1.29, 1.82) is 0 Å². The number of benzene rings is 2. The Morgan fingerprint density at radius 2 is 1.93 bits per heavy atom. The maximum absolute atomic E-state index is 6.23. The van der Waals surface area contributed by atoms with Crippen molar-refractivity contribution in [3.05, 3.63) is 57.0 Å². The van der Waals surface area contributed by atoms with E-state index in [2.05, 4.69) is 40.2 Å². The molecule has 0 aromatic heterocycles. The molecule has 0 aliphatic heterocycles. The minimum Gasteiger partial charge on any atom is -0.0837 e. The van der Waals surface area contributed by atoms with Crippen molar-refractivity contribution in [3.8, 4) is 11.1 Å². The maximum Gasteiger partial charge on any atom is 0.0487 e. The third kappa shape index (κ3) is 1.42. The van der Waals surface area contributed by atoms with E-state index < -0.39 is 0 Å². The van der Waals surface area contributed by atoms with E-state index in [1.807, 2.05) is 12.1 Å². The minimum atomic E-state index is 0.851. The Morgan fingerprint density at radius 3 is 2.80 bits per heavy atom. The maximum atomic E-state index is 6.23. The summed E-state index contributed by atoms with van der Waals surface area (Å²) in [6.07, 6.45) is 0.999. The first-order valence-corrected chi connectivity index (χ1v) is 5.99. The Balaban J connectivity index is 2.33. The van der Waals surface area contributed by atoms with Crippen molar-refractivity contribution in [2.45, 2.75) is 6.42 Å². The van der Waals surface area contributed by atoms with Gasteiger partial charge in [0.2, 0.25) is 0 Å². The zero-order valence-electron chi connectivity index (χ0n) is 7.93. The lowest BCUT2D eigenvalue weighted by molar-refractivity contribution is 1.26. The number of rotatable bonds is 0. The SMILES string of the molecule is Clc1cccc2c1-c1cc(Br)ccc1C2. The average Bonchev–Trinajstić information content (AvgIpc) is 2.57. The summed E-state index contributed by atoms with van der Waals surface area (Å²) in [6, 6.07) is 12.5. The van der Waals surface area contributed by atoms with Crippen molar-refractivity contribution in [3.63, 3.8) is 0 Å². The standard InChI is InChI=1S/C13H8BrCl/c14-10-5-4-8-6-9-2-1-3-12(15)13(9)11(8)7-10/h1-5,7H,6H2. The van der Waals surface area contributed by atoms with E-state index in [9.17, 15) is 0 Å². The van der Waals surface area contributed by atoms with Crippen molar-refractivity contribution in [2.24, 2.45) is 0 Å². The number of hydrogen-bond donors (Lipinski definition) is 0. The molecule has 0 nitrogen and oxygen atoms in total. The molecule has 3 rings (SSSR count). The van der Waals surface area contributed by atoms with E-state index >= 15 is 0 Å². The van der Waals surface area contributed by atoms with Crippen LogP contribution in [0.3, 0.4) is 0 Å². The third-order valence-corrected chi connectivity index (χ3v) is 3.63. The van der Waals surface area contributed by atoms with Crippen LogP contribution >= 0.6 is 27.5 Å². The lowest BCUT2D eigenvalue weighted by Gasteiger charge is -2.03. The smallest absolute Gasteiger partial charge is 0.0487 e. The molecule has 0 saturated carbocycles. The number of halogens is 2. The second-order valence-electron chi connectivity index (χ2n) is 3.75. The summed E-state index contributed by atoms with van der Waals surface area (Å²) in [5.41, 5.74) is 5.16. The zero-order chi connectivity index (χ0) is 10.4. The molecule has 2 heteroatoms. The van der Waals surface area contributed by atoms with Gasteiger partial charge in [-0.15, -0.1) is 0 Å². The Labute approximate surface area is 102 Å². The quantitative estimate of drug-likeness (QED) is 0.561. The van der Waals surface area contributed by atoms with E-state index in [1.54, 1.807) is 0 Å². The van der Waals surface area contributed by atoms with E-state index in [4.69, 9.17) is 11.6 Å². The van der Waals surface area contributed by atoms with Crippen LogP contribution in [0.25, 0.3) is 11.1 Å². The van der Waals surface area contributed by atoms with Gasteiger partial charge in [-0.2, -0.15) is 0 Å². The summed E-state index contributed by atoms with van der Waals surface area (Å²) in [5, 5.41) is 0.851. The Hall–Kier alpha value is -0.790. The van der Waals surface area contributed by atoms with Crippen LogP contribution in [-0.2, 0) is 6.42 Å². The van der Waals surface area contributed by atoms with Crippen LogP contribution in [0.2, 0.25) is 5.02 Å². The molecule has 15 heavy (non-hydrogen) atoms. The van der Waals surface area contributed by atoms with Crippen molar-refractivity contribution >= 4 is 27.5 Å². The number of hydrogen-bond acceptors (Lipinski definition) is 0. The van der Waals surface area contributed by atoms with Gasteiger partial charge in [0.15, 0.2) is 0 Å². The molecule has 0 N–H and O–H groups in total. The second-order valence-corrected chi connectivity index (χ2v) is 5.08. The molecular weight excluding hydrogens is 272 g/mol. The third-order valence-electron chi connectivity index (χ3n) is 2.82. The highest BCUT2D eigenvalue weighted by atomic mass is 79.9. The highest BCUT2D eigenvalue weighted by Gasteiger charge is 2.20. The van der Waals surface area contributed by atoms with E-state index in [0.29, 0.717) is 0 Å². The van der Waals surface area contributed by atoms with Crippen LogP contribution in [0.4, 0.5) is 0 Å². The molecule has 0 fully saturated rings. The normalized spacial score (nSPS) is 12.4. The molecule has 74 valence electrons. The monoisotopic (exact) mass is 278 g/mol. The molecule has 2 aromatic carbocycles. The van der Waals surface area contributed by atoms with Crippen LogP contribution in [0.1, 0.15) is 11.1 Å².